The van der Waals surface area contributed by atoms with E-state index >= 15 is 0 Å². The van der Waals surface area contributed by atoms with E-state index in [1.54, 1.807) is 0 Å². The van der Waals surface area contributed by atoms with Gasteiger partial charge >= 0.3 is 0 Å². The van der Waals surface area contributed by atoms with Gasteiger partial charge in [-0.3, -0.25) is 0 Å². The molecular weight excluding hydrogens is 681 g/mol. The molecule has 6 aromatic carbocycles. The predicted octanol–water partition coefficient (Wildman–Crippen LogP) is 12.2. The molecule has 2 saturated carbocycles. The quantitative estimate of drug-likeness (QED) is 0.171. The lowest BCUT2D eigenvalue weighted by Gasteiger charge is -2.48. The third-order valence-corrected chi connectivity index (χ3v) is 13.0. The molecule has 0 saturated heterocycles. The fourth-order valence-corrected chi connectivity index (χ4v) is 10.9. The first-order valence-electron chi connectivity index (χ1n) is 20.1. The summed E-state index contributed by atoms with van der Waals surface area (Å²) in [5.74, 6) is 4.28. The van der Waals surface area contributed by atoms with Crippen LogP contribution in [0.5, 0.6) is 0 Å². The SMILES string of the molecule is CC1C[C@@H]2C[C@H](C1)CC(C)(c1ccc3c(c1)C(c1ccccc1)(c1cccc(C#N)c1)c1cc(-c4nc(-c5ccccc5)nc(-c5ccccc5)n4)ccc1-3)C2. The molecule has 272 valence electrons. The van der Waals surface area contributed by atoms with Gasteiger partial charge in [0.25, 0.3) is 0 Å². The Morgan fingerprint density at radius 3 is 1.66 bits per heavy atom. The highest BCUT2D eigenvalue weighted by atomic mass is 15.0. The Morgan fingerprint density at radius 2 is 1.05 bits per heavy atom. The Bertz CT molecular complexity index is 2550. The van der Waals surface area contributed by atoms with Gasteiger partial charge in [-0.1, -0.05) is 147 Å². The Hall–Kier alpha value is -6.18. The average Bonchev–Trinajstić information content (AvgIpc) is 3.54. The van der Waals surface area contributed by atoms with Gasteiger partial charge in [-0.15, -0.1) is 0 Å². The molecule has 1 aromatic heterocycles. The number of fused-ring (bicyclic) bond motifs is 5. The second kappa shape index (κ2) is 13.5. The number of hydrogen-bond donors (Lipinski definition) is 0. The number of rotatable bonds is 6. The van der Waals surface area contributed by atoms with Crippen LogP contribution in [0.4, 0.5) is 0 Å². The molecule has 3 aliphatic carbocycles. The van der Waals surface area contributed by atoms with Crippen molar-refractivity contribution < 1.29 is 0 Å². The number of benzene rings is 6. The van der Waals surface area contributed by atoms with E-state index in [0.29, 0.717) is 23.0 Å². The molecule has 4 nitrogen and oxygen atoms in total. The third kappa shape index (κ3) is 5.68. The van der Waals surface area contributed by atoms with Crippen molar-refractivity contribution in [3.8, 4) is 51.4 Å². The van der Waals surface area contributed by atoms with Crippen molar-refractivity contribution in [2.75, 3.05) is 0 Å². The summed E-state index contributed by atoms with van der Waals surface area (Å²) in [4.78, 5) is 15.3. The van der Waals surface area contributed by atoms with E-state index in [1.807, 2.05) is 72.8 Å². The first-order chi connectivity index (χ1) is 27.4. The van der Waals surface area contributed by atoms with Gasteiger partial charge < -0.3 is 0 Å². The van der Waals surface area contributed by atoms with Crippen molar-refractivity contribution in [1.82, 2.24) is 15.0 Å². The molecular formula is C52H44N4. The van der Waals surface area contributed by atoms with Crippen molar-refractivity contribution in [1.29, 1.82) is 5.26 Å². The summed E-state index contributed by atoms with van der Waals surface area (Å²) in [6.45, 7) is 4.98. The van der Waals surface area contributed by atoms with E-state index in [0.717, 1.165) is 40.0 Å². The smallest absolute Gasteiger partial charge is 0.164 e. The molecule has 4 heteroatoms. The van der Waals surface area contributed by atoms with Gasteiger partial charge in [-0.25, -0.2) is 15.0 Å². The van der Waals surface area contributed by atoms with Crippen LogP contribution in [0.15, 0.2) is 152 Å². The van der Waals surface area contributed by atoms with Crippen LogP contribution in [0, 0.1) is 29.1 Å². The number of hydrogen-bond acceptors (Lipinski definition) is 4. The maximum absolute atomic E-state index is 10.3. The Morgan fingerprint density at radius 1 is 0.518 bits per heavy atom. The van der Waals surface area contributed by atoms with Crippen molar-refractivity contribution in [3.63, 3.8) is 0 Å². The maximum atomic E-state index is 10.3. The molecule has 56 heavy (non-hydrogen) atoms. The highest BCUT2D eigenvalue weighted by Gasteiger charge is 2.48. The van der Waals surface area contributed by atoms with Gasteiger partial charge in [0.1, 0.15) is 0 Å². The highest BCUT2D eigenvalue weighted by Crippen LogP contribution is 2.59. The van der Waals surface area contributed by atoms with Crippen molar-refractivity contribution in [2.24, 2.45) is 17.8 Å². The van der Waals surface area contributed by atoms with Gasteiger partial charge in [0.05, 0.1) is 17.0 Å². The van der Waals surface area contributed by atoms with E-state index < -0.39 is 5.41 Å². The summed E-state index contributed by atoms with van der Waals surface area (Å²) < 4.78 is 0. The summed E-state index contributed by atoms with van der Waals surface area (Å²) in [6, 6.07) is 56.1. The minimum atomic E-state index is -0.683. The predicted molar refractivity (Wildman–Crippen MR) is 225 cm³/mol. The van der Waals surface area contributed by atoms with Crippen LogP contribution in [0.3, 0.4) is 0 Å². The fourth-order valence-electron chi connectivity index (χ4n) is 10.9. The van der Waals surface area contributed by atoms with E-state index in [2.05, 4.69) is 98.8 Å². The Kier molecular flexibility index (Phi) is 8.29. The van der Waals surface area contributed by atoms with Gasteiger partial charge in [0.15, 0.2) is 17.5 Å². The lowest BCUT2D eigenvalue weighted by molar-refractivity contribution is 0.0898. The summed E-state index contributed by atoms with van der Waals surface area (Å²) in [5.41, 5.74) is 11.5. The van der Waals surface area contributed by atoms with Crippen LogP contribution in [0.1, 0.15) is 79.3 Å². The largest absolute Gasteiger partial charge is 0.208 e. The van der Waals surface area contributed by atoms with Gasteiger partial charge in [0, 0.05) is 16.7 Å². The number of nitrogens with zero attached hydrogens (tertiary/aromatic N) is 4. The molecule has 10 rings (SSSR count). The summed E-state index contributed by atoms with van der Waals surface area (Å²) in [5, 5.41) is 10.3. The molecule has 0 amide bonds. The standard InChI is InChI=1S/C52H44N4/c1-34-25-36-27-37(26-34)32-51(2,31-36)42-22-24-45-44-23-21-40(50-55-48(38-14-6-3-7-15-38)54-49(56-50)39-16-8-4-9-17-39)29-46(44)52(47(45)30-42,41-18-10-5-11-19-41)43-20-12-13-35(28-43)33-53/h3-24,28-30,34,36-37H,25-27,31-32H2,1-2H3/t34?,36-,37+,51?,52?. The first-order valence-corrected chi connectivity index (χ1v) is 20.1. The zero-order valence-corrected chi connectivity index (χ0v) is 32.0. The van der Waals surface area contributed by atoms with Crippen LogP contribution in [-0.2, 0) is 10.8 Å². The Labute approximate surface area is 330 Å². The van der Waals surface area contributed by atoms with Gasteiger partial charge in [0.2, 0.25) is 0 Å². The normalized spacial score (nSPS) is 23.5. The fraction of sp³-hybridized carbons (Fsp3) is 0.231. The van der Waals surface area contributed by atoms with Crippen molar-refractivity contribution in [3.05, 3.63) is 185 Å². The molecule has 7 aromatic rings. The number of nitriles is 1. The summed E-state index contributed by atoms with van der Waals surface area (Å²) in [6.07, 6.45) is 6.53. The zero-order valence-electron chi connectivity index (χ0n) is 32.0. The van der Waals surface area contributed by atoms with Gasteiger partial charge in [-0.05, 0) is 112 Å². The lowest BCUT2D eigenvalue weighted by atomic mass is 9.57. The van der Waals surface area contributed by atoms with Crippen LogP contribution >= 0.6 is 0 Å². The van der Waals surface area contributed by atoms with E-state index in [-0.39, 0.29) is 5.41 Å². The second-order valence-corrected chi connectivity index (χ2v) is 16.9. The Balaban J connectivity index is 1.22. The summed E-state index contributed by atoms with van der Waals surface area (Å²) >= 11 is 0. The third-order valence-electron chi connectivity index (χ3n) is 13.0. The minimum Gasteiger partial charge on any atom is -0.208 e. The van der Waals surface area contributed by atoms with Crippen LogP contribution in [-0.4, -0.2) is 15.0 Å². The molecule has 2 bridgehead atoms. The van der Waals surface area contributed by atoms with E-state index in [4.69, 9.17) is 15.0 Å². The van der Waals surface area contributed by atoms with Crippen LogP contribution in [0.2, 0.25) is 0 Å². The lowest BCUT2D eigenvalue weighted by Crippen LogP contribution is -2.39. The molecule has 3 unspecified atom stereocenters. The van der Waals surface area contributed by atoms with Crippen LogP contribution < -0.4 is 0 Å². The molecule has 2 fully saturated rings. The molecule has 0 N–H and O–H groups in total. The minimum absolute atomic E-state index is 0.103. The molecule has 3 aliphatic rings. The van der Waals surface area contributed by atoms with E-state index in [1.165, 1.54) is 65.5 Å². The monoisotopic (exact) mass is 724 g/mol. The molecule has 0 aliphatic heterocycles. The molecule has 1 heterocycles. The van der Waals surface area contributed by atoms with Gasteiger partial charge in [-0.2, -0.15) is 5.26 Å². The maximum Gasteiger partial charge on any atom is 0.164 e. The van der Waals surface area contributed by atoms with E-state index in [9.17, 15) is 5.26 Å². The number of aromatic nitrogens is 3. The summed E-state index contributed by atoms with van der Waals surface area (Å²) in [7, 11) is 0. The molecule has 5 atom stereocenters. The van der Waals surface area contributed by atoms with Crippen molar-refractivity contribution in [2.45, 2.75) is 56.8 Å². The molecule has 0 radical (unpaired) electrons. The molecule has 0 spiro atoms. The first kappa shape index (κ1) is 34.3. The topological polar surface area (TPSA) is 62.5 Å². The highest BCUT2D eigenvalue weighted by molar-refractivity contribution is 5.88. The van der Waals surface area contributed by atoms with Crippen LogP contribution in [0.25, 0.3) is 45.3 Å². The average molecular weight is 725 g/mol. The van der Waals surface area contributed by atoms with Crippen molar-refractivity contribution >= 4 is 0 Å². The second-order valence-electron chi connectivity index (χ2n) is 16.9. The zero-order chi connectivity index (χ0) is 37.9.